The van der Waals surface area contributed by atoms with Gasteiger partial charge in [-0.05, 0) is 44.2 Å². The van der Waals surface area contributed by atoms with Crippen LogP contribution in [0.15, 0.2) is 41.5 Å². The van der Waals surface area contributed by atoms with Crippen molar-refractivity contribution in [3.05, 3.63) is 57.7 Å². The van der Waals surface area contributed by atoms with Crippen molar-refractivity contribution in [2.75, 3.05) is 5.32 Å². The lowest BCUT2D eigenvalue weighted by molar-refractivity contribution is -0.118. The van der Waals surface area contributed by atoms with Crippen LogP contribution in [0, 0.1) is 12.7 Å². The maximum Gasteiger partial charge on any atom is 0.262 e. The maximum atomic E-state index is 12.9. The van der Waals surface area contributed by atoms with Gasteiger partial charge in [0.1, 0.15) is 16.7 Å². The number of anilines is 1. The summed E-state index contributed by atoms with van der Waals surface area (Å²) in [6.07, 6.45) is 1.38. The van der Waals surface area contributed by atoms with Crippen LogP contribution in [-0.2, 0) is 4.79 Å². The molecule has 23 heavy (non-hydrogen) atoms. The molecule has 2 heterocycles. The Morgan fingerprint density at radius 1 is 1.35 bits per heavy atom. The second-order valence-corrected chi connectivity index (χ2v) is 6.44. The largest absolute Gasteiger partial charge is 0.324 e. The van der Waals surface area contributed by atoms with Crippen LogP contribution < -0.4 is 10.9 Å². The van der Waals surface area contributed by atoms with Gasteiger partial charge in [0, 0.05) is 10.6 Å². The van der Waals surface area contributed by atoms with Crippen molar-refractivity contribution < 1.29 is 9.18 Å². The molecule has 1 aromatic carbocycles. The SMILES string of the molecule is Cc1cc2c(=O)n([C@@H](C)C(=O)Nc3ccc(F)cc3)cnc2s1. The molecule has 118 valence electrons. The number of amides is 1. The highest BCUT2D eigenvalue weighted by atomic mass is 32.1. The number of rotatable bonds is 3. The normalized spacial score (nSPS) is 12.3. The minimum atomic E-state index is -0.732. The Balaban J connectivity index is 1.88. The lowest BCUT2D eigenvalue weighted by Crippen LogP contribution is -2.31. The summed E-state index contributed by atoms with van der Waals surface area (Å²) in [5, 5.41) is 3.17. The molecule has 7 heteroatoms. The Kier molecular flexibility index (Phi) is 3.96. The fourth-order valence-electron chi connectivity index (χ4n) is 2.24. The average Bonchev–Trinajstić information content (AvgIpc) is 2.91. The highest BCUT2D eigenvalue weighted by molar-refractivity contribution is 7.18. The first-order chi connectivity index (χ1) is 11.0. The molecule has 1 N–H and O–H groups in total. The quantitative estimate of drug-likeness (QED) is 0.802. The molecule has 3 rings (SSSR count). The summed E-state index contributed by atoms with van der Waals surface area (Å²) in [5.74, 6) is -0.749. The number of thiophene rings is 1. The zero-order chi connectivity index (χ0) is 16.6. The molecule has 0 bridgehead atoms. The van der Waals surface area contributed by atoms with Crippen molar-refractivity contribution in [2.24, 2.45) is 0 Å². The first-order valence-electron chi connectivity index (χ1n) is 6.99. The topological polar surface area (TPSA) is 64.0 Å². The van der Waals surface area contributed by atoms with Gasteiger partial charge in [-0.15, -0.1) is 11.3 Å². The van der Waals surface area contributed by atoms with Gasteiger partial charge in [0.05, 0.1) is 11.7 Å². The van der Waals surface area contributed by atoms with E-state index in [1.54, 1.807) is 13.0 Å². The number of nitrogens with zero attached hydrogens (tertiary/aromatic N) is 2. The second-order valence-electron chi connectivity index (χ2n) is 5.20. The number of carbonyl (C=O) groups excluding carboxylic acids is 1. The van der Waals surface area contributed by atoms with Gasteiger partial charge in [-0.1, -0.05) is 0 Å². The molecule has 1 amide bonds. The number of benzene rings is 1. The molecule has 5 nitrogen and oxygen atoms in total. The number of aromatic nitrogens is 2. The molecule has 0 saturated heterocycles. The van der Waals surface area contributed by atoms with Crippen molar-refractivity contribution in [1.29, 1.82) is 0 Å². The zero-order valence-corrected chi connectivity index (χ0v) is 13.4. The summed E-state index contributed by atoms with van der Waals surface area (Å²) in [5.41, 5.74) is 0.220. The number of aryl methyl sites for hydroxylation is 1. The predicted molar refractivity (Wildman–Crippen MR) is 88.4 cm³/mol. The fraction of sp³-hybridized carbons (Fsp3) is 0.188. The van der Waals surface area contributed by atoms with E-state index in [0.29, 0.717) is 15.9 Å². The van der Waals surface area contributed by atoms with Crippen molar-refractivity contribution in [1.82, 2.24) is 9.55 Å². The third-order valence-corrected chi connectivity index (χ3v) is 4.47. The Morgan fingerprint density at radius 2 is 2.04 bits per heavy atom. The van der Waals surface area contributed by atoms with Crippen molar-refractivity contribution in [3.63, 3.8) is 0 Å². The highest BCUT2D eigenvalue weighted by Gasteiger charge is 2.18. The van der Waals surface area contributed by atoms with Gasteiger partial charge in [-0.2, -0.15) is 0 Å². The van der Waals surface area contributed by atoms with Gasteiger partial charge in [0.25, 0.3) is 5.56 Å². The Hall–Kier alpha value is -2.54. The first-order valence-corrected chi connectivity index (χ1v) is 7.81. The molecule has 0 aliphatic heterocycles. The van der Waals surface area contributed by atoms with Crippen LogP contribution in [-0.4, -0.2) is 15.5 Å². The lowest BCUT2D eigenvalue weighted by Gasteiger charge is -2.14. The fourth-order valence-corrected chi connectivity index (χ4v) is 3.08. The number of carbonyl (C=O) groups is 1. The van der Waals surface area contributed by atoms with Gasteiger partial charge < -0.3 is 5.32 Å². The molecule has 0 fully saturated rings. The van der Waals surface area contributed by atoms with E-state index in [0.717, 1.165) is 4.88 Å². The average molecular weight is 331 g/mol. The molecule has 0 saturated carbocycles. The number of hydrogen-bond acceptors (Lipinski definition) is 4. The minimum absolute atomic E-state index is 0.249. The van der Waals surface area contributed by atoms with E-state index in [1.807, 2.05) is 6.92 Å². The zero-order valence-electron chi connectivity index (χ0n) is 12.5. The standard InChI is InChI=1S/C16H14FN3O2S/c1-9-7-13-15(23-9)18-8-20(16(13)22)10(2)14(21)19-12-5-3-11(17)4-6-12/h3-8,10H,1-2H3,(H,19,21)/t10-/m0/s1. The molecule has 3 aromatic rings. The molecule has 0 radical (unpaired) electrons. The number of fused-ring (bicyclic) bond motifs is 1. The van der Waals surface area contributed by atoms with Crippen LogP contribution in [0.5, 0.6) is 0 Å². The number of hydrogen-bond donors (Lipinski definition) is 1. The van der Waals surface area contributed by atoms with Crippen LogP contribution in [0.2, 0.25) is 0 Å². The summed E-state index contributed by atoms with van der Waals surface area (Å²) >= 11 is 1.44. The van der Waals surface area contributed by atoms with E-state index in [2.05, 4.69) is 10.3 Å². The lowest BCUT2D eigenvalue weighted by atomic mass is 10.2. The summed E-state index contributed by atoms with van der Waals surface area (Å²) in [6.45, 7) is 3.52. The van der Waals surface area contributed by atoms with Crippen molar-refractivity contribution >= 4 is 33.1 Å². The molecule has 0 unspecified atom stereocenters. The van der Waals surface area contributed by atoms with Crippen molar-refractivity contribution in [2.45, 2.75) is 19.9 Å². The Bertz CT molecular complexity index is 931. The van der Waals surface area contributed by atoms with Gasteiger partial charge in [-0.25, -0.2) is 9.37 Å². The molecular weight excluding hydrogens is 317 g/mol. The first kappa shape index (κ1) is 15.4. The monoisotopic (exact) mass is 331 g/mol. The van der Waals surface area contributed by atoms with E-state index in [9.17, 15) is 14.0 Å². The number of halogens is 1. The van der Waals surface area contributed by atoms with Crippen LogP contribution in [0.4, 0.5) is 10.1 Å². The van der Waals surface area contributed by atoms with Crippen LogP contribution in [0.1, 0.15) is 17.8 Å². The van der Waals surface area contributed by atoms with E-state index in [1.165, 1.54) is 46.5 Å². The van der Waals surface area contributed by atoms with Crippen LogP contribution in [0.3, 0.4) is 0 Å². The third kappa shape index (κ3) is 3.00. The van der Waals surface area contributed by atoms with Crippen molar-refractivity contribution in [3.8, 4) is 0 Å². The molecule has 0 aliphatic rings. The van der Waals surface area contributed by atoms with E-state index < -0.39 is 6.04 Å². The highest BCUT2D eigenvalue weighted by Crippen LogP contribution is 2.20. The summed E-state index contributed by atoms with van der Waals surface area (Å²) in [6, 6.07) is 6.49. The minimum Gasteiger partial charge on any atom is -0.324 e. The molecule has 0 aliphatic carbocycles. The third-order valence-electron chi connectivity index (χ3n) is 3.51. The Morgan fingerprint density at radius 3 is 2.74 bits per heavy atom. The number of nitrogens with one attached hydrogen (secondary N) is 1. The maximum absolute atomic E-state index is 12.9. The van der Waals surface area contributed by atoms with Crippen LogP contribution >= 0.6 is 11.3 Å². The van der Waals surface area contributed by atoms with Gasteiger partial charge in [0.15, 0.2) is 0 Å². The van der Waals surface area contributed by atoms with E-state index >= 15 is 0 Å². The molecule has 2 aromatic heterocycles. The van der Waals surface area contributed by atoms with E-state index in [4.69, 9.17) is 0 Å². The summed E-state index contributed by atoms with van der Waals surface area (Å²) in [7, 11) is 0. The molecular formula is C16H14FN3O2S. The smallest absolute Gasteiger partial charge is 0.262 e. The van der Waals surface area contributed by atoms with Gasteiger partial charge >= 0.3 is 0 Å². The van der Waals surface area contributed by atoms with Gasteiger partial charge in [-0.3, -0.25) is 14.2 Å². The molecule has 1 atom stereocenters. The summed E-state index contributed by atoms with van der Waals surface area (Å²) in [4.78, 5) is 30.7. The predicted octanol–water partition coefficient (Wildman–Crippen LogP) is 3.11. The Labute approximate surface area is 135 Å². The van der Waals surface area contributed by atoms with E-state index in [-0.39, 0.29) is 17.3 Å². The van der Waals surface area contributed by atoms with Gasteiger partial charge in [0.2, 0.25) is 5.91 Å². The summed E-state index contributed by atoms with van der Waals surface area (Å²) < 4.78 is 14.2. The molecule has 0 spiro atoms. The second kappa shape index (κ2) is 5.92. The van der Waals surface area contributed by atoms with Crippen LogP contribution in [0.25, 0.3) is 10.2 Å².